The Morgan fingerprint density at radius 3 is 2.56 bits per heavy atom. The molecule has 1 fully saturated rings. The highest BCUT2D eigenvalue weighted by Crippen LogP contribution is 2.44. The first-order valence-electron chi connectivity index (χ1n) is 6.18. The van der Waals surface area contributed by atoms with E-state index >= 15 is 0 Å². The maximum atomic E-state index is 10.7. The quantitative estimate of drug-likeness (QED) is 0.758. The number of carbonyl (C=O) groups is 1. The Morgan fingerprint density at radius 1 is 1.44 bits per heavy atom. The van der Waals surface area contributed by atoms with E-state index in [0.717, 1.165) is 6.54 Å². The number of carboxylic acid groups (broad SMARTS) is 1. The molecule has 98 valence electrons. The van der Waals surface area contributed by atoms with Gasteiger partial charge < -0.3 is 15.2 Å². The molecule has 0 amide bonds. The predicted molar refractivity (Wildman–Crippen MR) is 69.1 cm³/mol. The van der Waals surface area contributed by atoms with Crippen molar-refractivity contribution in [2.45, 2.75) is 26.3 Å². The fraction of sp³-hybridized carbons (Fsp3) is 0.500. The Kier molecular flexibility index (Phi) is 3.57. The molecule has 1 aromatic rings. The predicted octanol–water partition coefficient (Wildman–Crippen LogP) is 2.15. The highest BCUT2D eigenvalue weighted by molar-refractivity contribution is 5.87. The van der Waals surface area contributed by atoms with Crippen LogP contribution in [0.25, 0.3) is 0 Å². The molecule has 0 heterocycles. The number of benzene rings is 1. The summed E-state index contributed by atoms with van der Waals surface area (Å²) in [5, 5.41) is 12.2. The van der Waals surface area contributed by atoms with Crippen molar-refractivity contribution >= 4 is 5.97 Å². The Labute approximate surface area is 107 Å². The fourth-order valence-electron chi connectivity index (χ4n) is 1.91. The molecule has 18 heavy (non-hydrogen) atoms. The third-order valence-electron chi connectivity index (χ3n) is 3.38. The number of ether oxygens (including phenoxy) is 1. The van der Waals surface area contributed by atoms with Gasteiger partial charge in [0.25, 0.3) is 0 Å². The standard InChI is InChI=1S/C14H19NO3/c1-14(2)9-12(14)15-7-8-18-11-5-3-10(4-6-11)13(16)17/h3-6,12,15H,7-9H2,1-2H3,(H,16,17). The molecule has 0 aromatic heterocycles. The van der Waals surface area contributed by atoms with Crippen molar-refractivity contribution < 1.29 is 14.6 Å². The lowest BCUT2D eigenvalue weighted by atomic mass is 10.2. The van der Waals surface area contributed by atoms with E-state index in [1.807, 2.05) is 0 Å². The van der Waals surface area contributed by atoms with Crippen LogP contribution in [0.4, 0.5) is 0 Å². The molecule has 0 bridgehead atoms. The van der Waals surface area contributed by atoms with Crippen LogP contribution in [0.5, 0.6) is 5.75 Å². The van der Waals surface area contributed by atoms with Crippen molar-refractivity contribution in [3.8, 4) is 5.75 Å². The van der Waals surface area contributed by atoms with Crippen LogP contribution in [-0.4, -0.2) is 30.3 Å². The summed E-state index contributed by atoms with van der Waals surface area (Å²) in [6.07, 6.45) is 1.22. The van der Waals surface area contributed by atoms with E-state index in [4.69, 9.17) is 9.84 Å². The molecular formula is C14H19NO3. The summed E-state index contributed by atoms with van der Waals surface area (Å²) in [4.78, 5) is 10.7. The maximum Gasteiger partial charge on any atom is 0.335 e. The van der Waals surface area contributed by atoms with E-state index in [9.17, 15) is 4.79 Å². The SMILES string of the molecule is CC1(C)CC1NCCOc1ccc(C(=O)O)cc1. The summed E-state index contributed by atoms with van der Waals surface area (Å²) in [5.74, 6) is -0.212. The van der Waals surface area contributed by atoms with Crippen LogP contribution in [0, 0.1) is 5.41 Å². The van der Waals surface area contributed by atoms with Crippen LogP contribution >= 0.6 is 0 Å². The first-order chi connectivity index (χ1) is 8.49. The average molecular weight is 249 g/mol. The molecule has 0 spiro atoms. The van der Waals surface area contributed by atoms with E-state index in [2.05, 4.69) is 19.2 Å². The maximum absolute atomic E-state index is 10.7. The van der Waals surface area contributed by atoms with Crippen molar-refractivity contribution in [2.24, 2.45) is 5.41 Å². The molecule has 4 heteroatoms. The zero-order valence-corrected chi connectivity index (χ0v) is 10.8. The van der Waals surface area contributed by atoms with Gasteiger partial charge in [-0.3, -0.25) is 0 Å². The summed E-state index contributed by atoms with van der Waals surface area (Å²) in [6, 6.07) is 7.08. The van der Waals surface area contributed by atoms with Crippen LogP contribution in [0.3, 0.4) is 0 Å². The summed E-state index contributed by atoms with van der Waals surface area (Å²) in [6.45, 7) is 5.90. The van der Waals surface area contributed by atoms with Gasteiger partial charge in [0.1, 0.15) is 12.4 Å². The molecule has 1 atom stereocenters. The lowest BCUT2D eigenvalue weighted by Crippen LogP contribution is -2.25. The minimum absolute atomic E-state index is 0.278. The summed E-state index contributed by atoms with van der Waals surface area (Å²) in [5.41, 5.74) is 0.712. The first kappa shape index (κ1) is 12.9. The highest BCUT2D eigenvalue weighted by Gasteiger charge is 2.44. The second-order valence-electron chi connectivity index (χ2n) is 5.38. The van der Waals surface area contributed by atoms with Crippen molar-refractivity contribution in [3.63, 3.8) is 0 Å². The van der Waals surface area contributed by atoms with Gasteiger partial charge in [-0.25, -0.2) is 4.79 Å². The van der Waals surface area contributed by atoms with Gasteiger partial charge in [-0.2, -0.15) is 0 Å². The lowest BCUT2D eigenvalue weighted by Gasteiger charge is -2.08. The second kappa shape index (κ2) is 4.98. The number of rotatable bonds is 6. The lowest BCUT2D eigenvalue weighted by molar-refractivity contribution is 0.0697. The third-order valence-corrected chi connectivity index (χ3v) is 3.38. The van der Waals surface area contributed by atoms with Crippen molar-refractivity contribution in [1.82, 2.24) is 5.32 Å². The van der Waals surface area contributed by atoms with Gasteiger partial charge in [0.05, 0.1) is 5.56 Å². The van der Waals surface area contributed by atoms with Crippen LogP contribution in [0.15, 0.2) is 24.3 Å². The fourth-order valence-corrected chi connectivity index (χ4v) is 1.91. The minimum atomic E-state index is -0.917. The van der Waals surface area contributed by atoms with E-state index in [1.54, 1.807) is 24.3 Å². The Morgan fingerprint density at radius 2 is 2.06 bits per heavy atom. The number of nitrogens with one attached hydrogen (secondary N) is 1. The van der Waals surface area contributed by atoms with Crippen molar-refractivity contribution in [2.75, 3.05) is 13.2 Å². The smallest absolute Gasteiger partial charge is 0.335 e. The first-order valence-corrected chi connectivity index (χ1v) is 6.18. The van der Waals surface area contributed by atoms with Crippen molar-refractivity contribution in [1.29, 1.82) is 0 Å². The van der Waals surface area contributed by atoms with Gasteiger partial charge >= 0.3 is 5.97 Å². The zero-order chi connectivity index (χ0) is 13.2. The molecule has 1 aromatic carbocycles. The van der Waals surface area contributed by atoms with Gasteiger partial charge in [0, 0.05) is 12.6 Å². The molecule has 0 saturated heterocycles. The van der Waals surface area contributed by atoms with Crippen LogP contribution in [0.2, 0.25) is 0 Å². The molecule has 0 radical (unpaired) electrons. The molecular weight excluding hydrogens is 230 g/mol. The Hall–Kier alpha value is -1.55. The van der Waals surface area contributed by atoms with Gasteiger partial charge in [0.15, 0.2) is 0 Å². The monoisotopic (exact) mass is 249 g/mol. The molecule has 2 rings (SSSR count). The molecule has 1 aliphatic carbocycles. The normalized spacial score (nSPS) is 20.4. The summed E-state index contributed by atoms with van der Waals surface area (Å²) < 4.78 is 5.53. The zero-order valence-electron chi connectivity index (χ0n) is 10.8. The van der Waals surface area contributed by atoms with E-state index in [1.165, 1.54) is 6.42 Å². The van der Waals surface area contributed by atoms with Crippen molar-refractivity contribution in [3.05, 3.63) is 29.8 Å². The van der Waals surface area contributed by atoms with Crippen LogP contribution in [-0.2, 0) is 0 Å². The molecule has 1 unspecified atom stereocenters. The molecule has 1 aliphatic rings. The van der Waals surface area contributed by atoms with Crippen LogP contribution < -0.4 is 10.1 Å². The van der Waals surface area contributed by atoms with E-state index in [0.29, 0.717) is 23.8 Å². The number of hydrogen-bond donors (Lipinski definition) is 2. The van der Waals surface area contributed by atoms with E-state index in [-0.39, 0.29) is 5.56 Å². The Bertz CT molecular complexity index is 425. The number of hydrogen-bond acceptors (Lipinski definition) is 3. The topological polar surface area (TPSA) is 58.6 Å². The second-order valence-corrected chi connectivity index (χ2v) is 5.38. The molecule has 1 saturated carbocycles. The van der Waals surface area contributed by atoms with Gasteiger partial charge in [0.2, 0.25) is 0 Å². The van der Waals surface area contributed by atoms with Gasteiger partial charge in [-0.05, 0) is 36.1 Å². The largest absolute Gasteiger partial charge is 0.492 e. The summed E-state index contributed by atoms with van der Waals surface area (Å²) >= 11 is 0. The van der Waals surface area contributed by atoms with Gasteiger partial charge in [-0.1, -0.05) is 13.8 Å². The minimum Gasteiger partial charge on any atom is -0.492 e. The molecule has 0 aliphatic heterocycles. The number of carboxylic acids is 1. The van der Waals surface area contributed by atoms with Gasteiger partial charge in [-0.15, -0.1) is 0 Å². The van der Waals surface area contributed by atoms with Crippen LogP contribution in [0.1, 0.15) is 30.6 Å². The number of aromatic carboxylic acids is 1. The highest BCUT2D eigenvalue weighted by atomic mass is 16.5. The van der Waals surface area contributed by atoms with E-state index < -0.39 is 5.97 Å². The molecule has 4 nitrogen and oxygen atoms in total. The molecule has 2 N–H and O–H groups in total. The Balaban J connectivity index is 1.69. The average Bonchev–Trinajstić information content (AvgIpc) is 2.93. The third kappa shape index (κ3) is 3.23. The summed E-state index contributed by atoms with van der Waals surface area (Å²) in [7, 11) is 0.